The van der Waals surface area contributed by atoms with Crippen LogP contribution in [0.1, 0.15) is 22.8 Å². The molecule has 0 saturated heterocycles. The zero-order valence-corrected chi connectivity index (χ0v) is 11.7. The highest BCUT2D eigenvalue weighted by atomic mass is 16.5. The maximum Gasteiger partial charge on any atom is 0.343 e. The van der Waals surface area contributed by atoms with Crippen molar-refractivity contribution in [3.05, 3.63) is 59.7 Å². The van der Waals surface area contributed by atoms with Crippen LogP contribution in [0.2, 0.25) is 0 Å². The van der Waals surface area contributed by atoms with E-state index in [0.29, 0.717) is 22.8 Å². The second-order valence-corrected chi connectivity index (χ2v) is 4.33. The van der Waals surface area contributed by atoms with Crippen LogP contribution in [-0.4, -0.2) is 24.0 Å². The van der Waals surface area contributed by atoms with Gasteiger partial charge in [-0.3, -0.25) is 0 Å². The summed E-state index contributed by atoms with van der Waals surface area (Å²) in [5, 5.41) is 11.8. The summed E-state index contributed by atoms with van der Waals surface area (Å²) < 4.78 is 10.3. The van der Waals surface area contributed by atoms with Gasteiger partial charge in [-0.05, 0) is 55.0 Å². The van der Waals surface area contributed by atoms with Gasteiger partial charge in [-0.2, -0.15) is 0 Å². The van der Waals surface area contributed by atoms with Gasteiger partial charge in [-0.15, -0.1) is 0 Å². The number of esters is 1. The standard InChI is InChI=1S/C16H15NO4/c1-11(17-19)12-6-8-14(9-7-12)21-16(18)13-4-3-5-15(10-13)20-2/h3-10,19H,1-2H3. The van der Waals surface area contributed by atoms with Crippen LogP contribution in [-0.2, 0) is 0 Å². The van der Waals surface area contributed by atoms with Crippen LogP contribution in [0.15, 0.2) is 53.7 Å². The first-order valence-electron chi connectivity index (χ1n) is 6.29. The van der Waals surface area contributed by atoms with E-state index in [-0.39, 0.29) is 0 Å². The van der Waals surface area contributed by atoms with E-state index in [0.717, 1.165) is 5.56 Å². The first-order valence-corrected chi connectivity index (χ1v) is 6.29. The van der Waals surface area contributed by atoms with Crippen molar-refractivity contribution in [2.75, 3.05) is 7.11 Å². The SMILES string of the molecule is COc1cccc(C(=O)Oc2ccc(C(C)=NO)cc2)c1. The topological polar surface area (TPSA) is 68.1 Å². The van der Waals surface area contributed by atoms with Crippen LogP contribution >= 0.6 is 0 Å². The van der Waals surface area contributed by atoms with Crippen LogP contribution in [0.25, 0.3) is 0 Å². The fraction of sp³-hybridized carbons (Fsp3) is 0.125. The molecule has 5 nitrogen and oxygen atoms in total. The molecule has 0 radical (unpaired) electrons. The minimum Gasteiger partial charge on any atom is -0.497 e. The Bertz CT molecular complexity index is 662. The van der Waals surface area contributed by atoms with Gasteiger partial charge in [0.1, 0.15) is 11.5 Å². The van der Waals surface area contributed by atoms with Crippen molar-refractivity contribution in [2.24, 2.45) is 5.16 Å². The van der Waals surface area contributed by atoms with Crippen molar-refractivity contribution in [3.63, 3.8) is 0 Å². The summed E-state index contributed by atoms with van der Waals surface area (Å²) in [6.07, 6.45) is 0. The van der Waals surface area contributed by atoms with Gasteiger partial charge in [0, 0.05) is 0 Å². The molecule has 0 bridgehead atoms. The second kappa shape index (κ2) is 6.56. The summed E-state index contributed by atoms with van der Waals surface area (Å²) in [6, 6.07) is 13.4. The van der Waals surface area contributed by atoms with Crippen molar-refractivity contribution in [1.29, 1.82) is 0 Å². The third-order valence-electron chi connectivity index (χ3n) is 2.94. The van der Waals surface area contributed by atoms with Crippen LogP contribution in [0.5, 0.6) is 11.5 Å². The van der Waals surface area contributed by atoms with Crippen molar-refractivity contribution in [1.82, 2.24) is 0 Å². The largest absolute Gasteiger partial charge is 0.497 e. The summed E-state index contributed by atoms with van der Waals surface area (Å²) in [4.78, 5) is 12.0. The molecule has 5 heteroatoms. The minimum atomic E-state index is -0.464. The monoisotopic (exact) mass is 285 g/mol. The molecule has 0 aromatic heterocycles. The molecule has 108 valence electrons. The van der Waals surface area contributed by atoms with E-state index >= 15 is 0 Å². The molecule has 0 aliphatic carbocycles. The molecular weight excluding hydrogens is 270 g/mol. The average molecular weight is 285 g/mol. The molecule has 0 saturated carbocycles. The fourth-order valence-electron chi connectivity index (χ4n) is 1.74. The van der Waals surface area contributed by atoms with E-state index in [1.54, 1.807) is 55.5 Å². The number of nitrogens with zero attached hydrogens (tertiary/aromatic N) is 1. The van der Waals surface area contributed by atoms with Crippen molar-refractivity contribution >= 4 is 11.7 Å². The Morgan fingerprint density at radius 1 is 1.05 bits per heavy atom. The quantitative estimate of drug-likeness (QED) is 0.308. The first kappa shape index (κ1) is 14.6. The number of rotatable bonds is 4. The van der Waals surface area contributed by atoms with Crippen LogP contribution in [0.3, 0.4) is 0 Å². The smallest absolute Gasteiger partial charge is 0.343 e. The van der Waals surface area contributed by atoms with Gasteiger partial charge in [0.15, 0.2) is 0 Å². The molecule has 0 unspecified atom stereocenters. The molecule has 0 aliphatic heterocycles. The first-order chi connectivity index (χ1) is 10.1. The summed E-state index contributed by atoms with van der Waals surface area (Å²) in [5.74, 6) is 0.543. The lowest BCUT2D eigenvalue weighted by atomic mass is 10.1. The highest BCUT2D eigenvalue weighted by molar-refractivity contribution is 5.98. The molecule has 0 spiro atoms. The predicted molar refractivity (Wildman–Crippen MR) is 78.4 cm³/mol. The minimum absolute atomic E-state index is 0.409. The average Bonchev–Trinajstić information content (AvgIpc) is 2.54. The Kier molecular flexibility index (Phi) is 4.56. The highest BCUT2D eigenvalue weighted by Gasteiger charge is 2.09. The van der Waals surface area contributed by atoms with Crippen LogP contribution in [0, 0.1) is 0 Å². The molecule has 21 heavy (non-hydrogen) atoms. The van der Waals surface area contributed by atoms with Crippen molar-refractivity contribution in [3.8, 4) is 11.5 Å². The molecule has 0 aliphatic rings. The summed E-state index contributed by atoms with van der Waals surface area (Å²) >= 11 is 0. The fourth-order valence-corrected chi connectivity index (χ4v) is 1.74. The normalized spacial score (nSPS) is 11.0. The molecule has 1 N–H and O–H groups in total. The maximum atomic E-state index is 12.0. The van der Waals surface area contributed by atoms with Crippen molar-refractivity contribution in [2.45, 2.75) is 6.92 Å². The highest BCUT2D eigenvalue weighted by Crippen LogP contribution is 2.17. The summed E-state index contributed by atoms with van der Waals surface area (Å²) in [7, 11) is 1.54. The lowest BCUT2D eigenvalue weighted by Gasteiger charge is -2.06. The molecule has 2 aromatic carbocycles. The van der Waals surface area contributed by atoms with Crippen LogP contribution in [0.4, 0.5) is 0 Å². The van der Waals surface area contributed by atoms with Gasteiger partial charge in [-0.25, -0.2) is 4.79 Å². The molecule has 0 heterocycles. The lowest BCUT2D eigenvalue weighted by Crippen LogP contribution is -2.08. The van der Waals surface area contributed by atoms with Gasteiger partial charge in [-0.1, -0.05) is 11.2 Å². The number of ether oxygens (including phenoxy) is 2. The maximum absolute atomic E-state index is 12.0. The Labute approximate surface area is 122 Å². The van der Waals surface area contributed by atoms with E-state index in [1.165, 1.54) is 7.11 Å². The van der Waals surface area contributed by atoms with Gasteiger partial charge in [0.2, 0.25) is 0 Å². The number of methoxy groups -OCH3 is 1. The van der Waals surface area contributed by atoms with Gasteiger partial charge in [0.25, 0.3) is 0 Å². The third kappa shape index (κ3) is 3.60. The van der Waals surface area contributed by atoms with Gasteiger partial charge in [0.05, 0.1) is 18.4 Å². The number of hydrogen-bond acceptors (Lipinski definition) is 5. The van der Waals surface area contributed by atoms with E-state index in [9.17, 15) is 4.79 Å². The number of carbonyl (C=O) groups excluding carboxylic acids is 1. The predicted octanol–water partition coefficient (Wildman–Crippen LogP) is 3.11. The number of oxime groups is 1. The lowest BCUT2D eigenvalue weighted by molar-refractivity contribution is 0.0734. The van der Waals surface area contributed by atoms with Gasteiger partial charge >= 0.3 is 5.97 Å². The Balaban J connectivity index is 2.12. The molecule has 0 atom stereocenters. The molecular formula is C16H15NO4. The third-order valence-corrected chi connectivity index (χ3v) is 2.94. The number of carbonyl (C=O) groups is 1. The molecule has 0 amide bonds. The zero-order chi connectivity index (χ0) is 15.2. The molecule has 0 fully saturated rings. The summed E-state index contributed by atoms with van der Waals surface area (Å²) in [6.45, 7) is 1.68. The van der Waals surface area contributed by atoms with E-state index in [2.05, 4.69) is 5.16 Å². The van der Waals surface area contributed by atoms with E-state index in [1.807, 2.05) is 0 Å². The summed E-state index contributed by atoms with van der Waals surface area (Å²) in [5.41, 5.74) is 1.64. The van der Waals surface area contributed by atoms with Gasteiger partial charge < -0.3 is 14.7 Å². The Morgan fingerprint density at radius 2 is 1.76 bits per heavy atom. The second-order valence-electron chi connectivity index (χ2n) is 4.33. The number of benzene rings is 2. The Hall–Kier alpha value is -2.82. The molecule has 2 aromatic rings. The van der Waals surface area contributed by atoms with E-state index in [4.69, 9.17) is 14.7 Å². The van der Waals surface area contributed by atoms with Crippen molar-refractivity contribution < 1.29 is 19.5 Å². The van der Waals surface area contributed by atoms with Crippen LogP contribution < -0.4 is 9.47 Å². The zero-order valence-electron chi connectivity index (χ0n) is 11.7. The Morgan fingerprint density at radius 3 is 2.38 bits per heavy atom. The number of hydrogen-bond donors (Lipinski definition) is 1. The molecule has 2 rings (SSSR count). The van der Waals surface area contributed by atoms with E-state index < -0.39 is 5.97 Å².